The summed E-state index contributed by atoms with van der Waals surface area (Å²) in [5.41, 5.74) is -1.48. The van der Waals surface area contributed by atoms with Crippen LogP contribution in [0, 0.1) is 0 Å². The summed E-state index contributed by atoms with van der Waals surface area (Å²) in [5, 5.41) is 23.5. The summed E-state index contributed by atoms with van der Waals surface area (Å²) in [7, 11) is 0. The molecule has 4 nitrogen and oxygen atoms in total. The van der Waals surface area contributed by atoms with E-state index in [0.717, 1.165) is 12.1 Å². The number of nitrogens with one attached hydrogen (secondary N) is 1. The standard InChI is InChI=1S/C20H21F3N2O2S/c1-18(2)11-19(3,15-8-7-14(26)10-16(15)27)25(17(28)24-18)13-6-4-5-12(9-13)20(21,22)23/h4-10,26-27H,11H2,1-3H3,(H,24,28)/t19-/m1/s1. The second-order valence-electron chi connectivity index (χ2n) is 7.85. The van der Waals surface area contributed by atoms with Gasteiger partial charge in [0.15, 0.2) is 5.11 Å². The highest BCUT2D eigenvalue weighted by Gasteiger charge is 2.47. The number of nitrogens with zero attached hydrogens (tertiary/aromatic N) is 1. The van der Waals surface area contributed by atoms with Crippen LogP contribution in [0.1, 0.15) is 38.3 Å². The fourth-order valence-corrected chi connectivity index (χ4v) is 4.55. The van der Waals surface area contributed by atoms with Gasteiger partial charge in [-0.15, -0.1) is 0 Å². The van der Waals surface area contributed by atoms with E-state index in [0.29, 0.717) is 12.0 Å². The minimum absolute atomic E-state index is 0.105. The molecular weight excluding hydrogens is 389 g/mol. The van der Waals surface area contributed by atoms with Crippen LogP contribution in [0.3, 0.4) is 0 Å². The van der Waals surface area contributed by atoms with Crippen molar-refractivity contribution in [2.45, 2.75) is 44.4 Å². The smallest absolute Gasteiger partial charge is 0.416 e. The number of benzene rings is 2. The van der Waals surface area contributed by atoms with Crippen LogP contribution >= 0.6 is 12.2 Å². The largest absolute Gasteiger partial charge is 0.508 e. The number of anilines is 1. The molecule has 1 fully saturated rings. The number of thiocarbonyl (C=S) groups is 1. The lowest BCUT2D eigenvalue weighted by atomic mass is 9.76. The fraction of sp³-hybridized carbons (Fsp3) is 0.350. The molecule has 0 unspecified atom stereocenters. The minimum Gasteiger partial charge on any atom is -0.508 e. The molecule has 8 heteroatoms. The number of phenolic OH excluding ortho intramolecular Hbond substituents is 2. The van der Waals surface area contributed by atoms with E-state index in [2.05, 4.69) is 5.32 Å². The lowest BCUT2D eigenvalue weighted by molar-refractivity contribution is -0.137. The summed E-state index contributed by atoms with van der Waals surface area (Å²) in [4.78, 5) is 1.59. The number of alkyl halides is 3. The zero-order valence-corrected chi connectivity index (χ0v) is 16.4. The third kappa shape index (κ3) is 3.61. The number of rotatable bonds is 2. The van der Waals surface area contributed by atoms with E-state index >= 15 is 0 Å². The molecule has 28 heavy (non-hydrogen) atoms. The van der Waals surface area contributed by atoms with Crippen LogP contribution in [0.25, 0.3) is 0 Å². The molecule has 0 aromatic heterocycles. The molecule has 0 aliphatic carbocycles. The summed E-state index contributed by atoms with van der Waals surface area (Å²) >= 11 is 5.52. The Balaban J connectivity index is 2.20. The molecule has 0 saturated carbocycles. The van der Waals surface area contributed by atoms with Crippen LogP contribution in [0.5, 0.6) is 11.5 Å². The predicted molar refractivity (Wildman–Crippen MR) is 105 cm³/mol. The second kappa shape index (κ2) is 6.55. The first-order valence-corrected chi connectivity index (χ1v) is 9.06. The van der Waals surface area contributed by atoms with Crippen molar-refractivity contribution in [3.8, 4) is 11.5 Å². The Hall–Kier alpha value is -2.48. The van der Waals surface area contributed by atoms with Crippen LogP contribution in [0.15, 0.2) is 42.5 Å². The van der Waals surface area contributed by atoms with Gasteiger partial charge in [-0.05, 0) is 69.7 Å². The van der Waals surface area contributed by atoms with Gasteiger partial charge in [-0.1, -0.05) is 6.07 Å². The Morgan fingerprint density at radius 2 is 1.75 bits per heavy atom. The van der Waals surface area contributed by atoms with Gasteiger partial charge in [0.1, 0.15) is 11.5 Å². The maximum atomic E-state index is 13.2. The molecule has 0 amide bonds. The third-order valence-corrected chi connectivity index (χ3v) is 5.21. The zero-order valence-electron chi connectivity index (χ0n) is 15.6. The van der Waals surface area contributed by atoms with Crippen molar-refractivity contribution in [2.24, 2.45) is 0 Å². The predicted octanol–water partition coefficient (Wildman–Crippen LogP) is 4.90. The molecule has 1 aliphatic rings. The van der Waals surface area contributed by atoms with E-state index < -0.39 is 22.8 Å². The highest BCUT2D eigenvalue weighted by Crippen LogP contribution is 2.46. The monoisotopic (exact) mass is 410 g/mol. The molecule has 3 rings (SSSR count). The zero-order chi connectivity index (χ0) is 20.9. The van der Waals surface area contributed by atoms with Crippen molar-refractivity contribution >= 4 is 23.0 Å². The van der Waals surface area contributed by atoms with Crippen molar-refractivity contribution < 1.29 is 23.4 Å². The van der Waals surface area contributed by atoms with Crippen LogP contribution in [-0.2, 0) is 11.7 Å². The number of phenols is 2. The highest BCUT2D eigenvalue weighted by molar-refractivity contribution is 7.80. The number of hydrogen-bond donors (Lipinski definition) is 3. The Kier molecular flexibility index (Phi) is 4.74. The van der Waals surface area contributed by atoms with Gasteiger partial charge in [0, 0.05) is 22.9 Å². The Morgan fingerprint density at radius 1 is 1.07 bits per heavy atom. The van der Waals surface area contributed by atoms with Crippen LogP contribution < -0.4 is 10.2 Å². The SMILES string of the molecule is CC1(C)C[C@](C)(c2ccc(O)cc2O)N(c2cccc(C(F)(F)F)c2)C(=S)N1. The normalized spacial score (nSPS) is 22.1. The quantitative estimate of drug-likeness (QED) is 0.615. The number of hydrogen-bond acceptors (Lipinski definition) is 3. The Labute approximate surface area is 166 Å². The average molecular weight is 410 g/mol. The third-order valence-electron chi connectivity index (χ3n) is 4.92. The van der Waals surface area contributed by atoms with E-state index in [1.807, 2.05) is 20.8 Å². The molecule has 1 heterocycles. The van der Waals surface area contributed by atoms with Crippen LogP contribution in [-0.4, -0.2) is 20.9 Å². The number of aromatic hydroxyl groups is 2. The van der Waals surface area contributed by atoms with Gasteiger partial charge < -0.3 is 20.4 Å². The summed E-state index contributed by atoms with van der Waals surface area (Å²) in [6.45, 7) is 5.67. The molecule has 3 N–H and O–H groups in total. The molecule has 1 atom stereocenters. The Bertz CT molecular complexity index is 930. The molecule has 2 aromatic rings. The maximum absolute atomic E-state index is 13.2. The first-order chi connectivity index (χ1) is 12.8. The van der Waals surface area contributed by atoms with Gasteiger partial charge in [0.05, 0.1) is 11.1 Å². The topological polar surface area (TPSA) is 55.7 Å². The first-order valence-electron chi connectivity index (χ1n) is 8.66. The summed E-state index contributed by atoms with van der Waals surface area (Å²) < 4.78 is 39.7. The molecule has 0 bridgehead atoms. The minimum atomic E-state index is -4.49. The summed E-state index contributed by atoms with van der Waals surface area (Å²) in [6, 6.07) is 9.14. The van der Waals surface area contributed by atoms with E-state index in [1.165, 1.54) is 18.2 Å². The van der Waals surface area contributed by atoms with Gasteiger partial charge in [-0.3, -0.25) is 0 Å². The molecule has 1 aliphatic heterocycles. The van der Waals surface area contributed by atoms with Crippen molar-refractivity contribution in [3.63, 3.8) is 0 Å². The lowest BCUT2D eigenvalue weighted by Crippen LogP contribution is -2.65. The lowest BCUT2D eigenvalue weighted by Gasteiger charge is -2.53. The van der Waals surface area contributed by atoms with Crippen molar-refractivity contribution in [3.05, 3.63) is 53.6 Å². The average Bonchev–Trinajstić information content (AvgIpc) is 2.52. The van der Waals surface area contributed by atoms with Crippen molar-refractivity contribution in [1.82, 2.24) is 5.32 Å². The first kappa shape index (κ1) is 20.3. The van der Waals surface area contributed by atoms with Gasteiger partial charge in [-0.25, -0.2) is 0 Å². The van der Waals surface area contributed by atoms with Crippen LogP contribution in [0.2, 0.25) is 0 Å². The van der Waals surface area contributed by atoms with Gasteiger partial charge >= 0.3 is 6.18 Å². The summed E-state index contributed by atoms with van der Waals surface area (Å²) in [5.74, 6) is -0.258. The second-order valence-corrected chi connectivity index (χ2v) is 8.24. The van der Waals surface area contributed by atoms with E-state index in [4.69, 9.17) is 12.2 Å². The molecule has 150 valence electrons. The Morgan fingerprint density at radius 3 is 2.36 bits per heavy atom. The maximum Gasteiger partial charge on any atom is 0.416 e. The van der Waals surface area contributed by atoms with E-state index in [9.17, 15) is 23.4 Å². The van der Waals surface area contributed by atoms with Crippen molar-refractivity contribution in [2.75, 3.05) is 4.90 Å². The van der Waals surface area contributed by atoms with E-state index in [-0.39, 0.29) is 22.3 Å². The number of halogens is 3. The van der Waals surface area contributed by atoms with Crippen LogP contribution in [0.4, 0.5) is 18.9 Å². The van der Waals surface area contributed by atoms with Gasteiger partial charge in [0.25, 0.3) is 0 Å². The molecule has 0 spiro atoms. The molecule has 2 aromatic carbocycles. The molecular formula is C20H21F3N2O2S. The van der Waals surface area contributed by atoms with E-state index in [1.54, 1.807) is 17.0 Å². The van der Waals surface area contributed by atoms with Gasteiger partial charge in [-0.2, -0.15) is 13.2 Å². The fourth-order valence-electron chi connectivity index (χ4n) is 3.97. The highest BCUT2D eigenvalue weighted by atomic mass is 32.1. The molecule has 0 radical (unpaired) electrons. The molecule has 1 saturated heterocycles. The van der Waals surface area contributed by atoms with Crippen molar-refractivity contribution in [1.29, 1.82) is 0 Å². The van der Waals surface area contributed by atoms with Gasteiger partial charge in [0.2, 0.25) is 0 Å². The summed E-state index contributed by atoms with van der Waals surface area (Å²) in [6.07, 6.45) is -4.05.